The molecule has 83 heavy (non-hydrogen) atoms. The quantitative estimate of drug-likeness (QED) is 0.136. The van der Waals surface area contributed by atoms with Crippen LogP contribution in [-0.4, -0.2) is 51.6 Å². The number of nitrogens with zero attached hydrogens (tertiary/aromatic N) is 5. The van der Waals surface area contributed by atoms with Gasteiger partial charge in [-0.2, -0.15) is 0 Å². The predicted molar refractivity (Wildman–Crippen MR) is 353 cm³/mol. The number of aromatic nitrogens is 5. The van der Waals surface area contributed by atoms with Crippen LogP contribution in [0.4, 0.5) is 0 Å². The molecule has 0 spiro atoms. The van der Waals surface area contributed by atoms with Gasteiger partial charge in [0.1, 0.15) is 22.5 Å². The van der Waals surface area contributed by atoms with Gasteiger partial charge in [0, 0.05) is 63.5 Å². The Kier molecular flexibility index (Phi) is 22.9. The largest absolute Gasteiger partial charge is 0.494 e. The average Bonchev–Trinajstić information content (AvgIpc) is 3.64. The lowest BCUT2D eigenvalue weighted by Crippen LogP contribution is -2.24. The lowest BCUT2D eigenvalue weighted by Gasteiger charge is -2.14. The molecule has 5 aromatic heterocycles. The summed E-state index contributed by atoms with van der Waals surface area (Å²) in [7, 11) is 3.39. The van der Waals surface area contributed by atoms with E-state index in [0.29, 0.717) is 41.7 Å². The minimum Gasteiger partial charge on any atom is -0.494 e. The third-order valence-corrected chi connectivity index (χ3v) is 14.9. The smallest absolute Gasteiger partial charge is 0.253 e. The molecule has 9 nitrogen and oxygen atoms in total. The van der Waals surface area contributed by atoms with Gasteiger partial charge in [-0.25, -0.2) is 4.98 Å². The minimum atomic E-state index is -0.0226. The van der Waals surface area contributed by atoms with Gasteiger partial charge in [0.2, 0.25) is 0 Å². The highest BCUT2D eigenvalue weighted by Crippen LogP contribution is 2.34. The number of nitrogens with one attached hydrogen (secondary N) is 1. The molecule has 0 atom stereocenters. The molecule has 0 aliphatic rings. The summed E-state index contributed by atoms with van der Waals surface area (Å²) >= 11 is 0. The number of amides is 1. The van der Waals surface area contributed by atoms with Crippen LogP contribution in [0.15, 0.2) is 122 Å². The van der Waals surface area contributed by atoms with E-state index in [1.54, 1.807) is 20.4 Å². The number of hydrogen-bond donors (Lipinski definition) is 1. The molecule has 0 fully saturated rings. The lowest BCUT2D eigenvalue weighted by molar-refractivity contribution is 0.0955. The number of carbonyl (C=O) groups is 1. The third-order valence-electron chi connectivity index (χ3n) is 14.9. The first kappa shape index (κ1) is 64.4. The van der Waals surface area contributed by atoms with Gasteiger partial charge in [0.05, 0.1) is 36.3 Å². The zero-order valence-electron chi connectivity index (χ0n) is 53.5. The summed E-state index contributed by atoms with van der Waals surface area (Å²) in [4.78, 5) is 34.9. The van der Waals surface area contributed by atoms with E-state index in [0.717, 1.165) is 68.7 Å². The molecule has 0 radical (unpaired) electrons. The molecule has 0 unspecified atom stereocenters. The second-order valence-electron chi connectivity index (χ2n) is 23.6. The van der Waals surface area contributed by atoms with Gasteiger partial charge in [0.15, 0.2) is 0 Å². The van der Waals surface area contributed by atoms with E-state index in [-0.39, 0.29) is 5.91 Å². The second kappa shape index (κ2) is 29.5. The highest BCUT2D eigenvalue weighted by molar-refractivity contribution is 6.06. The van der Waals surface area contributed by atoms with E-state index in [1.165, 1.54) is 77.2 Å². The highest BCUT2D eigenvalue weighted by atomic mass is 16.5. The Hall–Kier alpha value is -7.78. The molecule has 5 aromatic carbocycles. The molecule has 10 aromatic rings. The maximum Gasteiger partial charge on any atom is 0.253 e. The Morgan fingerprint density at radius 3 is 1.49 bits per heavy atom. The molecule has 0 saturated heterocycles. The van der Waals surface area contributed by atoms with Crippen LogP contribution in [-0.2, 0) is 6.42 Å². The normalized spacial score (nSPS) is 11.1. The van der Waals surface area contributed by atoms with Crippen molar-refractivity contribution >= 4 is 60.4 Å². The predicted octanol–water partition coefficient (Wildman–Crippen LogP) is 19.4. The number of rotatable bonds is 11. The van der Waals surface area contributed by atoms with E-state index in [9.17, 15) is 4.79 Å². The van der Waals surface area contributed by atoms with Crippen molar-refractivity contribution in [1.29, 1.82) is 0 Å². The number of fused-ring (bicyclic) bond motifs is 5. The molecule has 1 amide bonds. The standard InChI is InChI=1S/C18H24N2O.C15H19NO.C14H17NO.C14H17N.C13H15N/c1-5-8-20-18(21)16-11-13(6-2)10-15-14(12(3)4)7-9-19-17(15)16;1-9(2)12-8-11(4)16-15-13(12)6-10(3)7-14(15)17-5;1-9(2)11-5-6-15-14-12(11)7-10(3)8-13(14)16-4;1-9(2)12-8-11(4)15-14-6-5-10(3)7-13(12)14;1-9(2)11-5-4-6-13-12(11)7-10(3)8-14-13/h7,9-12H,5-6,8H2,1-4H3,(H,20,21);6-9H,1-5H3;5-9H,1-4H3;5-9H,1-4H3;4-9H,1-3H3. The molecule has 1 N–H and O–H groups in total. The number of aryl methyl sites for hydroxylation is 7. The first-order valence-corrected chi connectivity index (χ1v) is 29.8. The van der Waals surface area contributed by atoms with E-state index >= 15 is 0 Å². The molecule has 0 saturated carbocycles. The van der Waals surface area contributed by atoms with Crippen molar-refractivity contribution in [2.24, 2.45) is 0 Å². The summed E-state index contributed by atoms with van der Waals surface area (Å²) in [5, 5.41) is 9.08. The van der Waals surface area contributed by atoms with E-state index < -0.39 is 0 Å². The lowest BCUT2D eigenvalue weighted by atomic mass is 9.94. The Bertz CT molecular complexity index is 3840. The number of pyridine rings is 5. The van der Waals surface area contributed by atoms with Crippen molar-refractivity contribution in [3.05, 3.63) is 194 Å². The molecular weight excluding hydrogens is 1020 g/mol. The third kappa shape index (κ3) is 16.3. The summed E-state index contributed by atoms with van der Waals surface area (Å²) in [5.41, 5.74) is 20.6. The first-order valence-electron chi connectivity index (χ1n) is 29.8. The van der Waals surface area contributed by atoms with E-state index in [4.69, 9.17) is 9.47 Å². The fourth-order valence-corrected chi connectivity index (χ4v) is 10.6. The van der Waals surface area contributed by atoms with Crippen molar-refractivity contribution in [3.8, 4) is 11.5 Å². The zero-order chi connectivity index (χ0) is 60.8. The second-order valence-corrected chi connectivity index (χ2v) is 23.6. The van der Waals surface area contributed by atoms with Crippen LogP contribution >= 0.6 is 0 Å². The van der Waals surface area contributed by atoms with E-state index in [1.807, 2.05) is 37.5 Å². The summed E-state index contributed by atoms with van der Waals surface area (Å²) in [6.07, 6.45) is 7.43. The van der Waals surface area contributed by atoms with Crippen LogP contribution in [0.2, 0.25) is 0 Å². The van der Waals surface area contributed by atoms with Gasteiger partial charge in [0.25, 0.3) is 5.91 Å². The van der Waals surface area contributed by atoms with Crippen LogP contribution in [0.1, 0.15) is 196 Å². The Balaban J connectivity index is 0.000000168. The van der Waals surface area contributed by atoms with Gasteiger partial charge in [-0.15, -0.1) is 0 Å². The molecule has 9 heteroatoms. The molecule has 0 aliphatic carbocycles. The van der Waals surface area contributed by atoms with Crippen LogP contribution in [0.25, 0.3) is 54.5 Å². The number of ether oxygens (including phenoxy) is 2. The molecule has 436 valence electrons. The fraction of sp³-hybridized carbons (Fsp3) is 0.378. The van der Waals surface area contributed by atoms with Crippen molar-refractivity contribution in [3.63, 3.8) is 0 Å². The number of hydrogen-bond acceptors (Lipinski definition) is 8. The summed E-state index contributed by atoms with van der Waals surface area (Å²) in [6.45, 7) is 39.4. The first-order chi connectivity index (χ1) is 39.5. The monoisotopic (exact) mass is 1110 g/mol. The summed E-state index contributed by atoms with van der Waals surface area (Å²) < 4.78 is 10.8. The minimum absolute atomic E-state index is 0.0226. The van der Waals surface area contributed by atoms with Gasteiger partial charge in [-0.05, 0) is 219 Å². The molecular formula is C74H92N6O3. The topological polar surface area (TPSA) is 112 Å². The van der Waals surface area contributed by atoms with Crippen LogP contribution in [0.3, 0.4) is 0 Å². The van der Waals surface area contributed by atoms with Gasteiger partial charge < -0.3 is 14.8 Å². The summed E-state index contributed by atoms with van der Waals surface area (Å²) in [5.74, 6) is 4.21. The number of carbonyl (C=O) groups excluding carboxylic acids is 1. The zero-order valence-corrected chi connectivity index (χ0v) is 53.5. The van der Waals surface area contributed by atoms with Gasteiger partial charge >= 0.3 is 0 Å². The Morgan fingerprint density at radius 1 is 0.458 bits per heavy atom. The van der Waals surface area contributed by atoms with E-state index in [2.05, 4.69) is 233 Å². The number of methoxy groups -OCH3 is 2. The van der Waals surface area contributed by atoms with Gasteiger partial charge in [-0.1, -0.05) is 107 Å². The van der Waals surface area contributed by atoms with Crippen LogP contribution in [0.5, 0.6) is 11.5 Å². The highest BCUT2D eigenvalue weighted by Gasteiger charge is 2.17. The summed E-state index contributed by atoms with van der Waals surface area (Å²) in [6, 6.07) is 36.1. The van der Waals surface area contributed by atoms with Crippen LogP contribution < -0.4 is 14.8 Å². The van der Waals surface area contributed by atoms with Crippen molar-refractivity contribution < 1.29 is 14.3 Å². The van der Waals surface area contributed by atoms with Crippen molar-refractivity contribution in [1.82, 2.24) is 30.2 Å². The van der Waals surface area contributed by atoms with Crippen molar-refractivity contribution in [2.45, 2.75) is 167 Å². The SMILES string of the molecule is CCCNC(=O)c1cc(CC)cc2c(C(C)C)ccnc12.COc1cc(C)cc2c(C(C)C)cc(C)nc12.COc1cc(C)cc2c(C(C)C)ccnc12.Cc1ccc2nc(C)cc(C(C)C)c2c1.Cc1cnc2cccc(C(C)C)c2c1. The van der Waals surface area contributed by atoms with Crippen molar-refractivity contribution in [2.75, 3.05) is 20.8 Å². The average molecular weight is 1110 g/mol. The fourth-order valence-electron chi connectivity index (χ4n) is 10.6. The maximum absolute atomic E-state index is 12.4. The Morgan fingerprint density at radius 2 is 0.940 bits per heavy atom. The molecule has 0 bridgehead atoms. The number of benzene rings is 5. The molecule has 0 aliphatic heterocycles. The molecule has 10 rings (SSSR count). The maximum atomic E-state index is 12.4. The van der Waals surface area contributed by atoms with Crippen LogP contribution in [0, 0.1) is 41.5 Å². The Labute approximate surface area is 496 Å². The molecule has 5 heterocycles. The van der Waals surface area contributed by atoms with Gasteiger partial charge in [-0.3, -0.25) is 24.7 Å².